The van der Waals surface area contributed by atoms with Gasteiger partial charge in [0, 0.05) is 13.1 Å². The number of nitrogens with zero attached hydrogens (tertiary/aromatic N) is 1. The van der Waals surface area contributed by atoms with E-state index in [4.69, 9.17) is 5.11 Å². The molecule has 0 saturated heterocycles. The van der Waals surface area contributed by atoms with Crippen molar-refractivity contribution >= 4 is 5.97 Å². The molecule has 0 fully saturated rings. The van der Waals surface area contributed by atoms with Crippen molar-refractivity contribution in [3.8, 4) is 0 Å². The van der Waals surface area contributed by atoms with Crippen LogP contribution < -0.4 is 5.32 Å². The van der Waals surface area contributed by atoms with Crippen molar-refractivity contribution in [2.45, 2.75) is 13.1 Å². The lowest BCUT2D eigenvalue weighted by Gasteiger charge is -1.98. The number of carboxylic acids is 1. The van der Waals surface area contributed by atoms with Crippen LogP contribution in [0.5, 0.6) is 0 Å². The maximum absolute atomic E-state index is 10.6. The molecule has 0 atom stereocenters. The number of aromatic carboxylic acids is 1. The number of hydrogen-bond donors (Lipinski definition) is 1. The molecule has 1 aliphatic heterocycles. The maximum Gasteiger partial charge on any atom is 0.335 e. The zero-order valence-electron chi connectivity index (χ0n) is 6.45. The number of fused-ring (bicyclic) bond motifs is 1. The van der Waals surface area contributed by atoms with Crippen LogP contribution in [0, 0.1) is 0 Å². The smallest absolute Gasteiger partial charge is 0.335 e. The molecule has 2 rings (SSSR count). The second kappa shape index (κ2) is 2.60. The highest BCUT2D eigenvalue weighted by atomic mass is 16.4. The first-order chi connectivity index (χ1) is 5.77. The van der Waals surface area contributed by atoms with Crippen molar-refractivity contribution in [1.29, 1.82) is 0 Å². The molecular weight excluding hydrogens is 154 g/mol. The van der Waals surface area contributed by atoms with Crippen LogP contribution in [0.3, 0.4) is 0 Å². The van der Waals surface area contributed by atoms with E-state index in [1.165, 1.54) is 0 Å². The quantitative estimate of drug-likeness (QED) is 0.669. The second-order valence-corrected chi connectivity index (χ2v) is 2.83. The van der Waals surface area contributed by atoms with Crippen LogP contribution in [0.2, 0.25) is 0 Å². The van der Waals surface area contributed by atoms with Gasteiger partial charge in [0.1, 0.15) is 0 Å². The Morgan fingerprint density at radius 1 is 1.33 bits per heavy atom. The van der Waals surface area contributed by atoms with Gasteiger partial charge in [-0.15, -0.1) is 0 Å². The Morgan fingerprint density at radius 3 is 2.83 bits per heavy atom. The van der Waals surface area contributed by atoms with E-state index in [-0.39, 0.29) is 0 Å². The Balaban J connectivity index is 2.45. The first-order valence-corrected chi connectivity index (χ1v) is 3.76. The van der Waals surface area contributed by atoms with Gasteiger partial charge < -0.3 is 5.11 Å². The van der Waals surface area contributed by atoms with Gasteiger partial charge >= 0.3 is 5.97 Å². The topological polar surface area (TPSA) is 51.4 Å². The molecule has 61 valence electrons. The van der Waals surface area contributed by atoms with E-state index >= 15 is 0 Å². The summed E-state index contributed by atoms with van der Waals surface area (Å²) in [4.78, 5) is 10.6. The van der Waals surface area contributed by atoms with Gasteiger partial charge in [-0.25, -0.2) is 10.1 Å². The molecule has 0 amide bonds. The highest BCUT2D eigenvalue weighted by Crippen LogP contribution is 2.17. The fourth-order valence-electron chi connectivity index (χ4n) is 1.36. The zero-order chi connectivity index (χ0) is 8.55. The summed E-state index contributed by atoms with van der Waals surface area (Å²) in [6.07, 6.45) is 0. The highest BCUT2D eigenvalue weighted by molar-refractivity contribution is 5.87. The number of carbonyl (C=O) groups is 1. The van der Waals surface area contributed by atoms with Crippen LogP contribution in [0.4, 0.5) is 0 Å². The Bertz CT molecular complexity index is 333. The van der Waals surface area contributed by atoms with Gasteiger partial charge in [-0.1, -0.05) is 6.07 Å². The summed E-state index contributed by atoms with van der Waals surface area (Å²) in [6.45, 7) is 1.39. The summed E-state index contributed by atoms with van der Waals surface area (Å²) in [6, 6.07) is 5.17. The monoisotopic (exact) mass is 162 g/mol. The maximum atomic E-state index is 10.6. The molecule has 1 N–H and O–H groups in total. The van der Waals surface area contributed by atoms with Crippen molar-refractivity contribution < 1.29 is 9.90 Å². The Morgan fingerprint density at radius 2 is 2.08 bits per heavy atom. The Kier molecular flexibility index (Phi) is 1.59. The van der Waals surface area contributed by atoms with Gasteiger partial charge in [0.25, 0.3) is 0 Å². The van der Waals surface area contributed by atoms with Gasteiger partial charge in [-0.2, -0.15) is 0 Å². The molecule has 12 heavy (non-hydrogen) atoms. The summed E-state index contributed by atoms with van der Waals surface area (Å²) in [5.41, 5.74) is 2.56. The summed E-state index contributed by atoms with van der Waals surface area (Å²) in [7, 11) is 0. The molecule has 1 aromatic rings. The average Bonchev–Trinajstić information content (AvgIpc) is 2.49. The van der Waals surface area contributed by atoms with E-state index in [0.717, 1.165) is 17.7 Å². The van der Waals surface area contributed by atoms with Crippen LogP contribution in [-0.4, -0.2) is 11.1 Å². The van der Waals surface area contributed by atoms with Gasteiger partial charge in [0.05, 0.1) is 5.56 Å². The predicted octanol–water partition coefficient (Wildman–Crippen LogP) is 1.00. The zero-order valence-corrected chi connectivity index (χ0v) is 6.45. The van der Waals surface area contributed by atoms with Crippen LogP contribution in [-0.2, 0) is 13.1 Å². The summed E-state index contributed by atoms with van der Waals surface area (Å²) in [5.74, 6) is -0.871. The number of carboxylic acid groups (broad SMARTS) is 1. The van der Waals surface area contributed by atoms with Crippen molar-refractivity contribution in [2.24, 2.45) is 0 Å². The van der Waals surface area contributed by atoms with Crippen LogP contribution in [0.15, 0.2) is 18.2 Å². The molecule has 1 heterocycles. The lowest BCUT2D eigenvalue weighted by molar-refractivity contribution is 0.0697. The van der Waals surface area contributed by atoms with Crippen molar-refractivity contribution in [2.75, 3.05) is 0 Å². The van der Waals surface area contributed by atoms with Crippen LogP contribution in [0.1, 0.15) is 21.5 Å². The Hall–Kier alpha value is -1.35. The van der Waals surface area contributed by atoms with Crippen molar-refractivity contribution in [3.63, 3.8) is 0 Å². The van der Waals surface area contributed by atoms with E-state index in [9.17, 15) is 4.79 Å². The number of rotatable bonds is 1. The first-order valence-electron chi connectivity index (χ1n) is 3.76. The van der Waals surface area contributed by atoms with E-state index in [0.29, 0.717) is 12.1 Å². The van der Waals surface area contributed by atoms with E-state index < -0.39 is 5.97 Å². The molecule has 0 unspecified atom stereocenters. The van der Waals surface area contributed by atoms with E-state index in [2.05, 4.69) is 5.32 Å². The second-order valence-electron chi connectivity index (χ2n) is 2.83. The standard InChI is InChI=1S/C9H8NO2/c11-9(12)6-1-2-7-4-10-5-8(7)3-6/h1-3H,4-5H2,(H,11,12). The van der Waals surface area contributed by atoms with E-state index in [1.54, 1.807) is 12.1 Å². The molecule has 3 nitrogen and oxygen atoms in total. The molecule has 0 bridgehead atoms. The Labute approximate surface area is 70.0 Å². The average molecular weight is 162 g/mol. The minimum absolute atomic E-state index is 0.353. The molecule has 0 aromatic heterocycles. The van der Waals surface area contributed by atoms with Gasteiger partial charge in [-0.05, 0) is 23.3 Å². The molecule has 1 aliphatic rings. The third-order valence-electron chi connectivity index (χ3n) is 2.02. The lowest BCUT2D eigenvalue weighted by Crippen LogP contribution is -1.97. The molecule has 0 aliphatic carbocycles. The fraction of sp³-hybridized carbons (Fsp3) is 0.222. The summed E-state index contributed by atoms with van der Waals surface area (Å²) >= 11 is 0. The van der Waals surface area contributed by atoms with Gasteiger partial charge in [-0.3, -0.25) is 0 Å². The van der Waals surface area contributed by atoms with Crippen molar-refractivity contribution in [1.82, 2.24) is 5.32 Å². The third kappa shape index (κ3) is 1.08. The summed E-state index contributed by atoms with van der Waals surface area (Å²) < 4.78 is 0. The number of benzene rings is 1. The lowest BCUT2D eigenvalue weighted by atomic mass is 10.1. The molecule has 1 radical (unpaired) electrons. The SMILES string of the molecule is O=C(O)c1ccc2c(c1)C[N]C2. The molecule has 0 spiro atoms. The normalized spacial score (nSPS) is 14.3. The predicted molar refractivity (Wildman–Crippen MR) is 42.9 cm³/mol. The molecule has 0 saturated carbocycles. The summed E-state index contributed by atoms with van der Waals surface area (Å²) in [5, 5.41) is 12.8. The van der Waals surface area contributed by atoms with E-state index in [1.807, 2.05) is 6.07 Å². The number of hydrogen-bond acceptors (Lipinski definition) is 1. The van der Waals surface area contributed by atoms with Gasteiger partial charge in [0.2, 0.25) is 0 Å². The minimum atomic E-state index is -0.871. The fourth-order valence-corrected chi connectivity index (χ4v) is 1.36. The largest absolute Gasteiger partial charge is 0.478 e. The highest BCUT2D eigenvalue weighted by Gasteiger charge is 2.12. The van der Waals surface area contributed by atoms with Crippen LogP contribution >= 0.6 is 0 Å². The van der Waals surface area contributed by atoms with Crippen LogP contribution in [0.25, 0.3) is 0 Å². The third-order valence-corrected chi connectivity index (χ3v) is 2.02. The minimum Gasteiger partial charge on any atom is -0.478 e. The van der Waals surface area contributed by atoms with Crippen molar-refractivity contribution in [3.05, 3.63) is 34.9 Å². The van der Waals surface area contributed by atoms with Gasteiger partial charge in [0.15, 0.2) is 0 Å². The first kappa shape index (κ1) is 7.31. The molecular formula is C9H8NO2. The molecule has 3 heteroatoms. The molecule has 1 aromatic carbocycles.